The summed E-state index contributed by atoms with van der Waals surface area (Å²) in [6, 6.07) is 4.16. The minimum absolute atomic E-state index is 0.807. The van der Waals surface area contributed by atoms with Gasteiger partial charge in [0, 0.05) is 5.56 Å². The molecule has 0 unspecified atom stereocenters. The van der Waals surface area contributed by atoms with Crippen LogP contribution >= 0.6 is 62.0 Å². The van der Waals surface area contributed by atoms with Crippen molar-refractivity contribution in [1.82, 2.24) is 0 Å². The fourth-order valence-corrected chi connectivity index (χ4v) is 4.56. The fraction of sp³-hybridized carbons (Fsp3) is 0.0909. The minimum Gasteiger partial charge on any atom is -0.137 e. The van der Waals surface area contributed by atoms with Crippen molar-refractivity contribution >= 4 is 74.1 Å². The third kappa shape index (κ3) is 3.14. The molecular formula is C11H8BrClS3. The van der Waals surface area contributed by atoms with Crippen LogP contribution in [-0.4, -0.2) is 6.26 Å². The van der Waals surface area contributed by atoms with Gasteiger partial charge < -0.3 is 0 Å². The molecule has 16 heavy (non-hydrogen) atoms. The molecule has 0 fully saturated rings. The Morgan fingerprint density at radius 3 is 2.75 bits per heavy atom. The summed E-state index contributed by atoms with van der Waals surface area (Å²) in [5.74, 6) is 0. The molecule has 0 amide bonds. The van der Waals surface area contributed by atoms with Gasteiger partial charge in [-0.3, -0.25) is 0 Å². The SMILES string of the molecule is CSc1cc(/C=C/c2cc(Cl)sc2Br)cs1. The molecule has 2 aromatic heterocycles. The van der Waals surface area contributed by atoms with Crippen molar-refractivity contribution in [1.29, 1.82) is 0 Å². The zero-order valence-corrected chi connectivity index (χ0v) is 13.2. The van der Waals surface area contributed by atoms with Crippen LogP contribution in [0.4, 0.5) is 0 Å². The molecule has 0 aliphatic rings. The molecule has 0 nitrogen and oxygen atoms in total. The van der Waals surface area contributed by atoms with Gasteiger partial charge >= 0.3 is 0 Å². The summed E-state index contributed by atoms with van der Waals surface area (Å²) in [5.41, 5.74) is 2.37. The van der Waals surface area contributed by atoms with Crippen LogP contribution in [0, 0.1) is 0 Å². The first-order chi connectivity index (χ1) is 7.69. The van der Waals surface area contributed by atoms with Gasteiger partial charge in [-0.25, -0.2) is 0 Å². The Labute approximate surface area is 120 Å². The first-order valence-corrected chi connectivity index (χ1v) is 8.53. The Kier molecular flexibility index (Phi) is 4.56. The monoisotopic (exact) mass is 350 g/mol. The predicted molar refractivity (Wildman–Crippen MR) is 82.1 cm³/mol. The largest absolute Gasteiger partial charge is 0.137 e. The minimum atomic E-state index is 0.807. The predicted octanol–water partition coefficient (Wildman–Crippen LogP) is 6.12. The van der Waals surface area contributed by atoms with Crippen LogP contribution in [0.1, 0.15) is 11.1 Å². The van der Waals surface area contributed by atoms with E-state index in [1.54, 1.807) is 34.4 Å². The van der Waals surface area contributed by atoms with E-state index in [9.17, 15) is 0 Å². The van der Waals surface area contributed by atoms with Gasteiger partial charge in [-0.05, 0) is 45.3 Å². The second kappa shape index (κ2) is 5.74. The first kappa shape index (κ1) is 12.7. The van der Waals surface area contributed by atoms with E-state index < -0.39 is 0 Å². The van der Waals surface area contributed by atoms with Crippen LogP contribution in [0.5, 0.6) is 0 Å². The highest BCUT2D eigenvalue weighted by Gasteiger charge is 2.02. The summed E-state index contributed by atoms with van der Waals surface area (Å²) in [7, 11) is 0. The third-order valence-corrected chi connectivity index (χ3v) is 6.00. The first-order valence-electron chi connectivity index (χ1n) is 4.44. The Bertz CT molecular complexity index is 513. The Morgan fingerprint density at radius 1 is 1.38 bits per heavy atom. The lowest BCUT2D eigenvalue weighted by atomic mass is 10.2. The molecule has 2 heterocycles. The van der Waals surface area contributed by atoms with Crippen LogP contribution < -0.4 is 0 Å². The smallest absolute Gasteiger partial charge is 0.0946 e. The van der Waals surface area contributed by atoms with Gasteiger partial charge in [0.2, 0.25) is 0 Å². The lowest BCUT2D eigenvalue weighted by molar-refractivity contribution is 1.70. The Morgan fingerprint density at radius 2 is 2.19 bits per heavy atom. The number of hydrogen-bond acceptors (Lipinski definition) is 3. The maximum Gasteiger partial charge on any atom is 0.0946 e. The lowest BCUT2D eigenvalue weighted by Gasteiger charge is -1.87. The van der Waals surface area contributed by atoms with Gasteiger partial charge in [0.05, 0.1) is 12.3 Å². The van der Waals surface area contributed by atoms with Gasteiger partial charge in [0.15, 0.2) is 0 Å². The molecule has 0 bridgehead atoms. The Hall–Kier alpha value is 0.260. The van der Waals surface area contributed by atoms with Crippen molar-refractivity contribution in [3.8, 4) is 0 Å². The number of thiophene rings is 2. The normalized spacial score (nSPS) is 11.4. The van der Waals surface area contributed by atoms with Crippen LogP contribution in [0.2, 0.25) is 4.34 Å². The molecule has 0 aliphatic heterocycles. The zero-order chi connectivity index (χ0) is 11.5. The van der Waals surface area contributed by atoms with Gasteiger partial charge in [0.1, 0.15) is 0 Å². The van der Waals surface area contributed by atoms with E-state index >= 15 is 0 Å². The summed E-state index contributed by atoms with van der Waals surface area (Å²) in [6.07, 6.45) is 6.28. The van der Waals surface area contributed by atoms with E-state index in [0.29, 0.717) is 0 Å². The molecular weight excluding hydrogens is 344 g/mol. The van der Waals surface area contributed by atoms with Crippen molar-refractivity contribution in [3.05, 3.63) is 36.8 Å². The van der Waals surface area contributed by atoms with Crippen molar-refractivity contribution in [2.75, 3.05) is 6.26 Å². The molecule has 0 aromatic carbocycles. The van der Waals surface area contributed by atoms with E-state index in [1.807, 2.05) is 6.07 Å². The van der Waals surface area contributed by atoms with E-state index in [0.717, 1.165) is 13.7 Å². The molecule has 0 radical (unpaired) electrons. The summed E-state index contributed by atoms with van der Waals surface area (Å²) in [5, 5.41) is 2.16. The summed E-state index contributed by atoms with van der Waals surface area (Å²) in [4.78, 5) is 0. The van der Waals surface area contributed by atoms with E-state index in [4.69, 9.17) is 11.6 Å². The van der Waals surface area contributed by atoms with Crippen molar-refractivity contribution < 1.29 is 0 Å². The third-order valence-electron chi connectivity index (χ3n) is 1.94. The van der Waals surface area contributed by atoms with Crippen LogP contribution in [-0.2, 0) is 0 Å². The maximum absolute atomic E-state index is 5.93. The van der Waals surface area contributed by atoms with E-state index in [2.05, 4.69) is 45.8 Å². The van der Waals surface area contributed by atoms with Crippen LogP contribution in [0.25, 0.3) is 12.2 Å². The van der Waals surface area contributed by atoms with E-state index in [1.165, 1.54) is 9.77 Å². The average molecular weight is 352 g/mol. The molecule has 0 spiro atoms. The summed E-state index contributed by atoms with van der Waals surface area (Å²) in [6.45, 7) is 0. The lowest BCUT2D eigenvalue weighted by Crippen LogP contribution is -1.64. The van der Waals surface area contributed by atoms with Crippen molar-refractivity contribution in [2.24, 2.45) is 0 Å². The van der Waals surface area contributed by atoms with E-state index in [-0.39, 0.29) is 0 Å². The molecule has 0 atom stereocenters. The maximum atomic E-state index is 5.93. The highest BCUT2D eigenvalue weighted by molar-refractivity contribution is 9.11. The topological polar surface area (TPSA) is 0 Å². The summed E-state index contributed by atoms with van der Waals surface area (Å²) >= 11 is 14.5. The van der Waals surface area contributed by atoms with Gasteiger partial charge in [-0.2, -0.15) is 0 Å². The van der Waals surface area contributed by atoms with Gasteiger partial charge in [0.25, 0.3) is 0 Å². The molecule has 0 saturated heterocycles. The molecule has 0 N–H and O–H groups in total. The van der Waals surface area contributed by atoms with Crippen molar-refractivity contribution in [2.45, 2.75) is 4.21 Å². The quantitative estimate of drug-likeness (QED) is 0.600. The molecule has 5 heteroatoms. The zero-order valence-electron chi connectivity index (χ0n) is 8.37. The number of rotatable bonds is 3. The second-order valence-electron chi connectivity index (χ2n) is 3.02. The molecule has 2 rings (SSSR count). The number of halogens is 2. The highest BCUT2D eigenvalue weighted by atomic mass is 79.9. The average Bonchev–Trinajstić information content (AvgIpc) is 2.82. The number of thioether (sulfide) groups is 1. The molecule has 84 valence electrons. The van der Waals surface area contributed by atoms with Gasteiger partial charge in [-0.1, -0.05) is 23.8 Å². The molecule has 0 aliphatic carbocycles. The molecule has 2 aromatic rings. The summed E-state index contributed by atoms with van der Waals surface area (Å²) < 4.78 is 3.22. The highest BCUT2D eigenvalue weighted by Crippen LogP contribution is 2.33. The standard InChI is InChI=1S/C11H8BrClS3/c1-14-10-4-7(6-15-10)2-3-8-5-9(13)16-11(8)12/h2-6H,1H3/b3-2+. The molecule has 0 saturated carbocycles. The Balaban J connectivity index is 2.17. The van der Waals surface area contributed by atoms with Crippen LogP contribution in [0.15, 0.2) is 25.5 Å². The van der Waals surface area contributed by atoms with Crippen LogP contribution in [0.3, 0.4) is 0 Å². The number of hydrogen-bond donors (Lipinski definition) is 0. The second-order valence-corrected chi connectivity index (χ2v) is 8.04. The van der Waals surface area contributed by atoms with Crippen molar-refractivity contribution in [3.63, 3.8) is 0 Å². The fourth-order valence-electron chi connectivity index (χ4n) is 1.18. The van der Waals surface area contributed by atoms with Gasteiger partial charge in [-0.15, -0.1) is 34.4 Å².